The number of aromatic nitrogens is 1. The first-order valence-corrected chi connectivity index (χ1v) is 8.41. The molecule has 1 aliphatic carbocycles. The Morgan fingerprint density at radius 1 is 1.29 bits per heavy atom. The van der Waals surface area contributed by atoms with Crippen LogP contribution >= 0.6 is 0 Å². The second-order valence-corrected chi connectivity index (χ2v) is 7.15. The van der Waals surface area contributed by atoms with Gasteiger partial charge in [0.1, 0.15) is 12.4 Å². The molecule has 24 heavy (non-hydrogen) atoms. The molecule has 0 N–H and O–H groups in total. The highest BCUT2D eigenvalue weighted by Crippen LogP contribution is 2.53. The van der Waals surface area contributed by atoms with Crippen LogP contribution in [0, 0.1) is 11.3 Å². The van der Waals surface area contributed by atoms with Crippen molar-refractivity contribution in [2.45, 2.75) is 38.9 Å². The maximum Gasteiger partial charge on any atom is 0.360 e. The molecule has 2 aromatic rings. The number of fused-ring (bicyclic) bond motifs is 1. The average Bonchev–Trinajstić information content (AvgIpc) is 3.10. The van der Waals surface area contributed by atoms with Gasteiger partial charge in [-0.05, 0) is 25.0 Å². The van der Waals surface area contributed by atoms with Crippen LogP contribution in [-0.2, 0) is 9.47 Å². The minimum atomic E-state index is -0.428. The molecule has 1 aromatic heterocycles. The predicted octanol–water partition coefficient (Wildman–Crippen LogP) is 3.70. The number of esters is 1. The minimum absolute atomic E-state index is 0.132. The molecule has 1 aromatic carbocycles. The lowest BCUT2D eigenvalue weighted by Gasteiger charge is -2.58. The number of rotatable bonds is 3. The van der Waals surface area contributed by atoms with E-state index >= 15 is 0 Å². The number of hydrogen-bond acceptors (Lipinski definition) is 5. The lowest BCUT2D eigenvalue weighted by molar-refractivity contribution is -0.243. The summed E-state index contributed by atoms with van der Waals surface area (Å²) in [5.74, 6) is 0.288. The van der Waals surface area contributed by atoms with E-state index in [9.17, 15) is 4.79 Å². The quantitative estimate of drug-likeness (QED) is 0.804. The minimum Gasteiger partial charge on any atom is -0.456 e. The van der Waals surface area contributed by atoms with Crippen molar-refractivity contribution in [2.24, 2.45) is 11.3 Å². The largest absolute Gasteiger partial charge is 0.456 e. The molecule has 0 radical (unpaired) electrons. The van der Waals surface area contributed by atoms with Crippen LogP contribution in [-0.4, -0.2) is 29.8 Å². The molecule has 0 spiro atoms. The lowest BCUT2D eigenvalue weighted by Crippen LogP contribution is -2.65. The molecule has 1 saturated carbocycles. The zero-order valence-corrected chi connectivity index (χ0v) is 13.9. The summed E-state index contributed by atoms with van der Waals surface area (Å²) in [5, 5.41) is 0. The molecule has 0 unspecified atom stereocenters. The summed E-state index contributed by atoms with van der Waals surface area (Å²) in [4.78, 5) is 16.7. The van der Waals surface area contributed by atoms with Crippen molar-refractivity contribution in [3.8, 4) is 11.5 Å². The van der Waals surface area contributed by atoms with E-state index in [4.69, 9.17) is 13.9 Å². The normalized spacial score (nSPS) is 27.8. The van der Waals surface area contributed by atoms with Crippen LogP contribution in [0.15, 0.2) is 41.0 Å². The highest BCUT2D eigenvalue weighted by atomic mass is 16.6. The Kier molecular flexibility index (Phi) is 3.68. The molecule has 2 heterocycles. The molecular weight excluding hydrogens is 306 g/mol. The van der Waals surface area contributed by atoms with Gasteiger partial charge >= 0.3 is 5.97 Å². The average molecular weight is 327 g/mol. The van der Waals surface area contributed by atoms with Crippen molar-refractivity contribution in [3.05, 3.63) is 42.3 Å². The number of hydrogen-bond donors (Lipinski definition) is 0. The van der Waals surface area contributed by atoms with E-state index in [0.29, 0.717) is 5.89 Å². The van der Waals surface area contributed by atoms with Crippen LogP contribution in [0.4, 0.5) is 0 Å². The fraction of sp³-hybridized carbons (Fsp3) is 0.474. The van der Waals surface area contributed by atoms with Crippen LogP contribution in [0.5, 0.6) is 0 Å². The number of oxazole rings is 1. The van der Waals surface area contributed by atoms with Gasteiger partial charge in [-0.15, -0.1) is 0 Å². The van der Waals surface area contributed by atoms with Gasteiger partial charge in [0.05, 0.1) is 6.10 Å². The highest BCUT2D eigenvalue weighted by Gasteiger charge is 2.60. The molecule has 2 aliphatic rings. The van der Waals surface area contributed by atoms with Crippen LogP contribution in [0.2, 0.25) is 0 Å². The summed E-state index contributed by atoms with van der Waals surface area (Å²) in [5.41, 5.74) is 0.887. The maximum atomic E-state index is 12.5. The van der Waals surface area contributed by atoms with E-state index in [1.165, 1.54) is 6.26 Å². The Balaban J connectivity index is 1.48. The van der Waals surface area contributed by atoms with Gasteiger partial charge in [-0.25, -0.2) is 9.78 Å². The van der Waals surface area contributed by atoms with Crippen molar-refractivity contribution < 1.29 is 18.7 Å². The summed E-state index contributed by atoms with van der Waals surface area (Å²) in [7, 11) is 0. The third kappa shape index (κ3) is 2.44. The standard InChI is InChI=1S/C19H21NO4/c1-19(2)15-13(9-6-10-22-15)16(19)24-18(21)14-11-23-17(20-14)12-7-4-3-5-8-12/h3-5,7-8,11,13,15-16H,6,9-10H2,1-2H3/t13-,15-,16-/m1/s1. The zero-order valence-electron chi connectivity index (χ0n) is 13.9. The van der Waals surface area contributed by atoms with Gasteiger partial charge in [-0.1, -0.05) is 32.0 Å². The molecule has 1 saturated heterocycles. The Bertz CT molecular complexity index is 737. The van der Waals surface area contributed by atoms with Gasteiger partial charge in [-0.3, -0.25) is 0 Å². The Labute approximate surface area is 141 Å². The lowest BCUT2D eigenvalue weighted by atomic mass is 9.57. The zero-order chi connectivity index (χ0) is 16.7. The van der Waals surface area contributed by atoms with E-state index in [1.807, 2.05) is 30.3 Å². The molecule has 4 rings (SSSR count). The van der Waals surface area contributed by atoms with Gasteiger partial charge in [0.15, 0.2) is 5.69 Å². The molecule has 2 fully saturated rings. The van der Waals surface area contributed by atoms with E-state index in [-0.39, 0.29) is 29.2 Å². The molecular formula is C19H21NO4. The van der Waals surface area contributed by atoms with Gasteiger partial charge in [-0.2, -0.15) is 0 Å². The van der Waals surface area contributed by atoms with Crippen LogP contribution in [0.1, 0.15) is 37.2 Å². The van der Waals surface area contributed by atoms with Crippen LogP contribution in [0.25, 0.3) is 11.5 Å². The number of nitrogens with zero attached hydrogens (tertiary/aromatic N) is 1. The van der Waals surface area contributed by atoms with Gasteiger partial charge < -0.3 is 13.9 Å². The van der Waals surface area contributed by atoms with Gasteiger partial charge in [0.25, 0.3) is 0 Å². The fourth-order valence-corrected chi connectivity index (χ4v) is 3.97. The summed E-state index contributed by atoms with van der Waals surface area (Å²) in [6, 6.07) is 9.50. The Morgan fingerprint density at radius 3 is 2.88 bits per heavy atom. The van der Waals surface area contributed by atoms with Crippen molar-refractivity contribution >= 4 is 5.97 Å². The molecule has 5 nitrogen and oxygen atoms in total. The van der Waals surface area contributed by atoms with E-state index in [0.717, 1.165) is 25.0 Å². The predicted molar refractivity (Wildman–Crippen MR) is 87.4 cm³/mol. The van der Waals surface area contributed by atoms with Crippen LogP contribution < -0.4 is 0 Å². The molecule has 126 valence electrons. The molecule has 5 heteroatoms. The third-order valence-corrected chi connectivity index (χ3v) is 5.19. The summed E-state index contributed by atoms with van der Waals surface area (Å²) >= 11 is 0. The SMILES string of the molecule is CC1(C)[C@@H]2OCCC[C@H]2[C@H]1OC(=O)c1coc(-c2ccccc2)n1. The van der Waals surface area contributed by atoms with E-state index in [2.05, 4.69) is 18.8 Å². The smallest absolute Gasteiger partial charge is 0.360 e. The first-order valence-electron chi connectivity index (χ1n) is 8.41. The summed E-state index contributed by atoms with van der Waals surface area (Å²) in [6.07, 6.45) is 3.48. The third-order valence-electron chi connectivity index (χ3n) is 5.19. The van der Waals surface area contributed by atoms with Crippen molar-refractivity contribution in [1.29, 1.82) is 0 Å². The number of carbonyl (C=O) groups excluding carboxylic acids is 1. The Hall–Kier alpha value is -2.14. The van der Waals surface area contributed by atoms with Gasteiger partial charge in [0, 0.05) is 23.5 Å². The van der Waals surface area contributed by atoms with E-state index < -0.39 is 5.97 Å². The monoisotopic (exact) mass is 327 g/mol. The van der Waals surface area contributed by atoms with Gasteiger partial charge in [0.2, 0.25) is 5.89 Å². The molecule has 0 bridgehead atoms. The van der Waals surface area contributed by atoms with Crippen molar-refractivity contribution in [2.75, 3.05) is 6.61 Å². The van der Waals surface area contributed by atoms with E-state index in [1.54, 1.807) is 0 Å². The van der Waals surface area contributed by atoms with Crippen LogP contribution in [0.3, 0.4) is 0 Å². The molecule has 3 atom stereocenters. The topological polar surface area (TPSA) is 61.6 Å². The molecule has 0 amide bonds. The highest BCUT2D eigenvalue weighted by molar-refractivity contribution is 5.87. The summed E-state index contributed by atoms with van der Waals surface area (Å²) in [6.45, 7) is 4.99. The molecule has 1 aliphatic heterocycles. The second-order valence-electron chi connectivity index (χ2n) is 7.15. The fourth-order valence-electron chi connectivity index (χ4n) is 3.97. The number of benzene rings is 1. The van der Waals surface area contributed by atoms with Crippen molar-refractivity contribution in [3.63, 3.8) is 0 Å². The number of ether oxygens (including phenoxy) is 2. The Morgan fingerprint density at radius 2 is 2.08 bits per heavy atom. The second kappa shape index (κ2) is 5.74. The number of carbonyl (C=O) groups is 1. The van der Waals surface area contributed by atoms with Crippen molar-refractivity contribution in [1.82, 2.24) is 4.98 Å². The first-order chi connectivity index (χ1) is 11.6. The maximum absolute atomic E-state index is 12.5. The first kappa shape index (κ1) is 15.4. The summed E-state index contributed by atoms with van der Waals surface area (Å²) < 4.78 is 17.0.